The van der Waals surface area contributed by atoms with Crippen molar-refractivity contribution in [2.75, 3.05) is 0 Å². The Hall–Kier alpha value is -0.800. The summed E-state index contributed by atoms with van der Waals surface area (Å²) in [6.45, 7) is 11.6. The van der Waals surface area contributed by atoms with E-state index in [1.54, 1.807) is 0 Å². The van der Waals surface area contributed by atoms with Crippen LogP contribution in [0.4, 0.5) is 0 Å². The molecule has 0 bridgehead atoms. The molecule has 2 atom stereocenters. The Labute approximate surface area is 97.9 Å². The largest absolute Gasteiger partial charge is 0.466 e. The van der Waals surface area contributed by atoms with Gasteiger partial charge in [0.15, 0.2) is 0 Å². The smallest absolute Gasteiger partial charge is 0.105 e. The van der Waals surface area contributed by atoms with Gasteiger partial charge in [-0.2, -0.15) is 0 Å². The zero-order valence-electron chi connectivity index (χ0n) is 11.1. The first-order valence-corrected chi connectivity index (χ1v) is 5.77. The third-order valence-electron chi connectivity index (χ3n) is 3.11. The van der Waals surface area contributed by atoms with Crippen molar-refractivity contribution >= 4 is 0 Å². The van der Waals surface area contributed by atoms with Crippen molar-refractivity contribution in [3.8, 4) is 0 Å². The van der Waals surface area contributed by atoms with Crippen molar-refractivity contribution in [2.45, 2.75) is 59.2 Å². The summed E-state index contributed by atoms with van der Waals surface area (Å²) in [6, 6.07) is 2.25. The van der Waals surface area contributed by atoms with E-state index >= 15 is 0 Å². The first kappa shape index (κ1) is 13.3. The van der Waals surface area contributed by atoms with Gasteiger partial charge in [-0.3, -0.25) is 0 Å². The number of nitrogens with one attached hydrogen (secondary N) is 1. The Morgan fingerprint density at radius 3 is 2.25 bits per heavy atom. The second kappa shape index (κ2) is 4.60. The van der Waals surface area contributed by atoms with Gasteiger partial charge in [0.25, 0.3) is 0 Å². The van der Waals surface area contributed by atoms with Gasteiger partial charge in [0.2, 0.25) is 0 Å². The van der Waals surface area contributed by atoms with Crippen molar-refractivity contribution in [3.05, 3.63) is 23.2 Å². The maximum atomic E-state index is 9.87. The molecular weight excluding hydrogens is 202 g/mol. The van der Waals surface area contributed by atoms with Crippen LogP contribution in [0, 0.1) is 13.8 Å². The van der Waals surface area contributed by atoms with Crippen LogP contribution in [0.1, 0.15) is 50.8 Å². The Kier molecular flexibility index (Phi) is 3.81. The molecule has 0 spiro atoms. The van der Waals surface area contributed by atoms with Gasteiger partial charge in [0.1, 0.15) is 11.5 Å². The van der Waals surface area contributed by atoms with Gasteiger partial charge in [-0.15, -0.1) is 0 Å². The van der Waals surface area contributed by atoms with E-state index in [2.05, 4.69) is 12.2 Å². The van der Waals surface area contributed by atoms with E-state index in [0.717, 1.165) is 17.1 Å². The van der Waals surface area contributed by atoms with E-state index in [4.69, 9.17) is 4.42 Å². The van der Waals surface area contributed by atoms with Gasteiger partial charge in [0, 0.05) is 17.6 Å². The molecule has 0 saturated carbocycles. The summed E-state index contributed by atoms with van der Waals surface area (Å²) < 4.78 is 5.50. The van der Waals surface area contributed by atoms with Crippen molar-refractivity contribution < 1.29 is 9.52 Å². The Morgan fingerprint density at radius 2 is 1.88 bits per heavy atom. The van der Waals surface area contributed by atoms with Gasteiger partial charge in [-0.05, 0) is 47.6 Å². The maximum absolute atomic E-state index is 9.87. The molecule has 1 heterocycles. The van der Waals surface area contributed by atoms with Crippen molar-refractivity contribution in [3.63, 3.8) is 0 Å². The highest BCUT2D eigenvalue weighted by Gasteiger charge is 2.24. The first-order valence-electron chi connectivity index (χ1n) is 5.77. The molecule has 1 aromatic rings. The van der Waals surface area contributed by atoms with Crippen LogP contribution in [0.2, 0.25) is 0 Å². The number of furan rings is 1. The van der Waals surface area contributed by atoms with Crippen LogP contribution in [0.15, 0.2) is 10.5 Å². The minimum absolute atomic E-state index is 0.0251. The number of aryl methyl sites for hydroxylation is 2. The quantitative estimate of drug-likeness (QED) is 0.828. The predicted octanol–water partition coefficient (Wildman–Crippen LogP) is 2.71. The molecule has 0 aliphatic rings. The molecule has 0 aliphatic carbocycles. The van der Waals surface area contributed by atoms with Crippen LogP contribution < -0.4 is 5.32 Å². The van der Waals surface area contributed by atoms with Crippen LogP contribution in [0.25, 0.3) is 0 Å². The average Bonchev–Trinajstić information content (AvgIpc) is 2.43. The standard InChI is InChI=1S/C13H23NO2/c1-8-7-12(10(3)16-8)9(2)14-11(4)13(5,6)15/h7,9,11,14-15H,1-6H3. The van der Waals surface area contributed by atoms with Gasteiger partial charge in [-0.1, -0.05) is 0 Å². The molecule has 16 heavy (non-hydrogen) atoms. The van der Waals surface area contributed by atoms with Crippen LogP contribution in [0.5, 0.6) is 0 Å². The van der Waals surface area contributed by atoms with Gasteiger partial charge < -0.3 is 14.8 Å². The lowest BCUT2D eigenvalue weighted by Gasteiger charge is -2.29. The minimum atomic E-state index is -0.721. The summed E-state index contributed by atoms with van der Waals surface area (Å²) in [5.41, 5.74) is 0.439. The van der Waals surface area contributed by atoms with Crippen molar-refractivity contribution in [2.24, 2.45) is 0 Å². The second-order valence-corrected chi connectivity index (χ2v) is 5.13. The Bertz CT molecular complexity index is 349. The lowest BCUT2D eigenvalue weighted by Crippen LogP contribution is -2.45. The predicted molar refractivity (Wildman–Crippen MR) is 65.5 cm³/mol. The van der Waals surface area contributed by atoms with E-state index in [9.17, 15) is 5.11 Å². The fourth-order valence-corrected chi connectivity index (χ4v) is 1.75. The molecule has 92 valence electrons. The topological polar surface area (TPSA) is 45.4 Å². The van der Waals surface area contributed by atoms with Crippen LogP contribution in [0.3, 0.4) is 0 Å². The van der Waals surface area contributed by atoms with Crippen molar-refractivity contribution in [1.82, 2.24) is 5.32 Å². The highest BCUT2D eigenvalue weighted by molar-refractivity contribution is 5.23. The summed E-state index contributed by atoms with van der Waals surface area (Å²) >= 11 is 0. The summed E-state index contributed by atoms with van der Waals surface area (Å²) in [4.78, 5) is 0. The van der Waals surface area contributed by atoms with E-state index in [0.29, 0.717) is 0 Å². The third kappa shape index (κ3) is 3.09. The summed E-state index contributed by atoms with van der Waals surface area (Å²) in [5.74, 6) is 1.87. The zero-order chi connectivity index (χ0) is 12.5. The van der Waals surface area contributed by atoms with Gasteiger partial charge >= 0.3 is 0 Å². The molecule has 2 N–H and O–H groups in total. The summed E-state index contributed by atoms with van der Waals surface area (Å²) in [5, 5.41) is 13.3. The lowest BCUT2D eigenvalue weighted by atomic mass is 9.98. The second-order valence-electron chi connectivity index (χ2n) is 5.13. The average molecular weight is 225 g/mol. The Morgan fingerprint density at radius 1 is 1.31 bits per heavy atom. The highest BCUT2D eigenvalue weighted by atomic mass is 16.3. The highest BCUT2D eigenvalue weighted by Crippen LogP contribution is 2.22. The SMILES string of the molecule is Cc1cc(C(C)NC(C)C(C)(C)O)c(C)o1. The third-order valence-corrected chi connectivity index (χ3v) is 3.11. The molecule has 0 radical (unpaired) electrons. The maximum Gasteiger partial charge on any atom is 0.105 e. The molecule has 0 fully saturated rings. The van der Waals surface area contributed by atoms with E-state index in [1.807, 2.05) is 40.7 Å². The van der Waals surface area contributed by atoms with E-state index in [-0.39, 0.29) is 12.1 Å². The number of aliphatic hydroxyl groups is 1. The molecule has 1 rings (SSSR count). The summed E-state index contributed by atoms with van der Waals surface area (Å²) in [7, 11) is 0. The van der Waals surface area contributed by atoms with E-state index in [1.165, 1.54) is 0 Å². The minimum Gasteiger partial charge on any atom is -0.466 e. The van der Waals surface area contributed by atoms with E-state index < -0.39 is 5.60 Å². The number of rotatable bonds is 4. The fourth-order valence-electron chi connectivity index (χ4n) is 1.75. The molecule has 0 saturated heterocycles. The molecule has 0 aliphatic heterocycles. The molecular formula is C13H23NO2. The first-order chi connectivity index (χ1) is 7.21. The molecule has 3 heteroatoms. The number of hydrogen-bond donors (Lipinski definition) is 2. The van der Waals surface area contributed by atoms with Gasteiger partial charge in [-0.25, -0.2) is 0 Å². The summed E-state index contributed by atoms with van der Waals surface area (Å²) in [6.07, 6.45) is 0. The van der Waals surface area contributed by atoms with Crippen molar-refractivity contribution in [1.29, 1.82) is 0 Å². The normalized spacial score (nSPS) is 16.2. The van der Waals surface area contributed by atoms with Gasteiger partial charge in [0.05, 0.1) is 5.60 Å². The molecule has 0 amide bonds. The molecule has 3 nitrogen and oxygen atoms in total. The molecule has 2 unspecified atom stereocenters. The van der Waals surface area contributed by atoms with Crippen LogP contribution >= 0.6 is 0 Å². The zero-order valence-corrected chi connectivity index (χ0v) is 11.1. The van der Waals surface area contributed by atoms with Crippen LogP contribution in [-0.4, -0.2) is 16.7 Å². The van der Waals surface area contributed by atoms with Crippen LogP contribution in [-0.2, 0) is 0 Å². The Balaban J connectivity index is 2.73. The monoisotopic (exact) mass is 225 g/mol. The fraction of sp³-hybridized carbons (Fsp3) is 0.692. The molecule has 1 aromatic heterocycles. The lowest BCUT2D eigenvalue weighted by molar-refractivity contribution is 0.0405. The molecule has 0 aromatic carbocycles. The number of hydrogen-bond acceptors (Lipinski definition) is 3.